The average molecular weight is 356 g/mol. The van der Waals surface area contributed by atoms with Crippen LogP contribution in [-0.2, 0) is 9.59 Å². The number of hydrogen-bond donors (Lipinski definition) is 4. The molecule has 0 aliphatic rings. The molecule has 0 aliphatic heterocycles. The number of nitrogens with zero attached hydrogens (tertiary/aromatic N) is 1. The minimum Gasteiger partial charge on any atom is -0.393 e. The Morgan fingerprint density at radius 3 is 2.16 bits per heavy atom. The molecule has 0 saturated heterocycles. The number of nitrogens with two attached hydrogens (primary N) is 2. The Labute approximate surface area is 152 Å². The molecule has 0 rings (SSSR count). The summed E-state index contributed by atoms with van der Waals surface area (Å²) in [6.45, 7) is 10.2. The highest BCUT2D eigenvalue weighted by Crippen LogP contribution is 2.03. The van der Waals surface area contributed by atoms with Crippen LogP contribution in [0.1, 0.15) is 59.8 Å². The number of unbranched alkanes of at least 4 members (excludes halogenated alkanes) is 1. The van der Waals surface area contributed by atoms with Crippen LogP contribution in [0.15, 0.2) is 11.9 Å². The van der Waals surface area contributed by atoms with Gasteiger partial charge in [-0.05, 0) is 37.5 Å². The molecule has 0 aromatic carbocycles. The molecule has 146 valence electrons. The SMILES string of the molecule is CC(C)CCCN(N)/C=C(\N)C(=O)NCCCCNC(=O)CC(C)C. The van der Waals surface area contributed by atoms with E-state index in [0.717, 1.165) is 25.7 Å². The smallest absolute Gasteiger partial charge is 0.268 e. The van der Waals surface area contributed by atoms with Crippen molar-refractivity contribution in [2.75, 3.05) is 19.6 Å². The maximum Gasteiger partial charge on any atom is 0.268 e. The molecule has 0 spiro atoms. The predicted octanol–water partition coefficient (Wildman–Crippen LogP) is 1.46. The monoisotopic (exact) mass is 355 g/mol. The van der Waals surface area contributed by atoms with Gasteiger partial charge in [0, 0.05) is 32.3 Å². The summed E-state index contributed by atoms with van der Waals surface area (Å²) in [5, 5.41) is 7.08. The van der Waals surface area contributed by atoms with E-state index >= 15 is 0 Å². The van der Waals surface area contributed by atoms with Crippen LogP contribution in [0.5, 0.6) is 0 Å². The summed E-state index contributed by atoms with van der Waals surface area (Å²) >= 11 is 0. The molecule has 0 aromatic heterocycles. The molecule has 0 aliphatic carbocycles. The number of nitrogens with one attached hydrogen (secondary N) is 2. The molecular formula is C18H37N5O2. The number of hydrogen-bond acceptors (Lipinski definition) is 5. The van der Waals surface area contributed by atoms with E-state index in [2.05, 4.69) is 24.5 Å². The lowest BCUT2D eigenvalue weighted by Crippen LogP contribution is -2.34. The molecular weight excluding hydrogens is 318 g/mol. The van der Waals surface area contributed by atoms with Crippen molar-refractivity contribution in [2.24, 2.45) is 23.4 Å². The van der Waals surface area contributed by atoms with Gasteiger partial charge in [0.1, 0.15) is 5.70 Å². The van der Waals surface area contributed by atoms with E-state index in [-0.39, 0.29) is 17.5 Å². The van der Waals surface area contributed by atoms with Crippen molar-refractivity contribution in [1.82, 2.24) is 15.6 Å². The predicted molar refractivity (Wildman–Crippen MR) is 102 cm³/mol. The maximum absolute atomic E-state index is 11.9. The molecule has 0 aromatic rings. The highest BCUT2D eigenvalue weighted by Gasteiger charge is 2.07. The summed E-state index contributed by atoms with van der Waals surface area (Å²) in [5.41, 5.74) is 5.86. The van der Waals surface area contributed by atoms with E-state index in [0.29, 0.717) is 37.9 Å². The fraction of sp³-hybridized carbons (Fsp3) is 0.778. The summed E-state index contributed by atoms with van der Waals surface area (Å²) < 4.78 is 0. The highest BCUT2D eigenvalue weighted by atomic mass is 16.2. The first-order chi connectivity index (χ1) is 11.7. The average Bonchev–Trinajstić information content (AvgIpc) is 2.49. The van der Waals surface area contributed by atoms with Crippen LogP contribution in [0.2, 0.25) is 0 Å². The zero-order valence-corrected chi connectivity index (χ0v) is 16.3. The Morgan fingerprint density at radius 2 is 1.60 bits per heavy atom. The van der Waals surface area contributed by atoms with Crippen molar-refractivity contribution < 1.29 is 9.59 Å². The van der Waals surface area contributed by atoms with Gasteiger partial charge in [-0.25, -0.2) is 5.84 Å². The van der Waals surface area contributed by atoms with E-state index in [1.54, 1.807) is 0 Å². The van der Waals surface area contributed by atoms with Gasteiger partial charge in [0.2, 0.25) is 5.91 Å². The lowest BCUT2D eigenvalue weighted by molar-refractivity contribution is -0.122. The third-order valence-electron chi connectivity index (χ3n) is 3.57. The Kier molecular flexibility index (Phi) is 12.6. The Hall–Kier alpha value is -1.76. The maximum atomic E-state index is 11.9. The Balaban J connectivity index is 3.83. The second-order valence-corrected chi connectivity index (χ2v) is 7.27. The zero-order valence-electron chi connectivity index (χ0n) is 16.3. The number of carbonyl (C=O) groups is 2. The number of rotatable bonds is 13. The van der Waals surface area contributed by atoms with E-state index in [4.69, 9.17) is 11.6 Å². The van der Waals surface area contributed by atoms with Crippen molar-refractivity contribution in [1.29, 1.82) is 0 Å². The van der Waals surface area contributed by atoms with Crippen molar-refractivity contribution in [3.63, 3.8) is 0 Å². The molecule has 0 radical (unpaired) electrons. The van der Waals surface area contributed by atoms with E-state index in [1.807, 2.05) is 13.8 Å². The van der Waals surface area contributed by atoms with Crippen LogP contribution in [-0.4, -0.2) is 36.5 Å². The van der Waals surface area contributed by atoms with Crippen molar-refractivity contribution in [3.8, 4) is 0 Å². The lowest BCUT2D eigenvalue weighted by atomic mass is 10.1. The first-order valence-electron chi connectivity index (χ1n) is 9.25. The van der Waals surface area contributed by atoms with Gasteiger partial charge in [0.15, 0.2) is 0 Å². The van der Waals surface area contributed by atoms with Gasteiger partial charge < -0.3 is 21.4 Å². The minimum absolute atomic E-state index is 0.0757. The second kappa shape index (κ2) is 13.5. The molecule has 25 heavy (non-hydrogen) atoms. The molecule has 0 heterocycles. The van der Waals surface area contributed by atoms with E-state index in [9.17, 15) is 9.59 Å². The van der Waals surface area contributed by atoms with E-state index in [1.165, 1.54) is 11.2 Å². The van der Waals surface area contributed by atoms with Crippen LogP contribution in [0.25, 0.3) is 0 Å². The fourth-order valence-corrected chi connectivity index (χ4v) is 2.21. The minimum atomic E-state index is -0.317. The molecule has 0 fully saturated rings. The third kappa shape index (κ3) is 14.3. The summed E-state index contributed by atoms with van der Waals surface area (Å²) in [4.78, 5) is 23.3. The van der Waals surface area contributed by atoms with Gasteiger partial charge in [-0.1, -0.05) is 27.7 Å². The Morgan fingerprint density at radius 1 is 1.00 bits per heavy atom. The lowest BCUT2D eigenvalue weighted by Gasteiger charge is -2.15. The van der Waals surface area contributed by atoms with Gasteiger partial charge >= 0.3 is 0 Å². The van der Waals surface area contributed by atoms with Crippen LogP contribution >= 0.6 is 0 Å². The van der Waals surface area contributed by atoms with Crippen molar-refractivity contribution >= 4 is 11.8 Å². The summed E-state index contributed by atoms with van der Waals surface area (Å²) in [5.74, 6) is 6.57. The highest BCUT2D eigenvalue weighted by molar-refractivity contribution is 5.92. The quantitative estimate of drug-likeness (QED) is 0.173. The van der Waals surface area contributed by atoms with Gasteiger partial charge in [-0.3, -0.25) is 9.59 Å². The molecule has 0 unspecified atom stereocenters. The second-order valence-electron chi connectivity index (χ2n) is 7.27. The largest absolute Gasteiger partial charge is 0.393 e. The summed E-state index contributed by atoms with van der Waals surface area (Å²) in [7, 11) is 0. The van der Waals surface area contributed by atoms with Gasteiger partial charge in [0.25, 0.3) is 5.91 Å². The van der Waals surface area contributed by atoms with Crippen molar-refractivity contribution in [3.05, 3.63) is 11.9 Å². The standard InChI is InChI=1S/C18H37N5O2/c1-14(2)8-7-11-23(20)13-16(19)18(25)22-10-6-5-9-21-17(24)12-15(3)4/h13-15H,5-12,19-20H2,1-4H3,(H,21,24)(H,22,25)/b16-13-. The summed E-state index contributed by atoms with van der Waals surface area (Å²) in [6.07, 6.45) is 5.66. The topological polar surface area (TPSA) is 113 Å². The van der Waals surface area contributed by atoms with Gasteiger partial charge in [-0.2, -0.15) is 0 Å². The van der Waals surface area contributed by atoms with Crippen LogP contribution in [0.4, 0.5) is 0 Å². The molecule has 0 bridgehead atoms. The molecule has 7 nitrogen and oxygen atoms in total. The molecule has 0 saturated carbocycles. The summed E-state index contributed by atoms with van der Waals surface area (Å²) in [6, 6.07) is 0. The Bertz CT molecular complexity index is 422. The number of carbonyl (C=O) groups excluding carboxylic acids is 2. The molecule has 2 amide bonds. The zero-order chi connectivity index (χ0) is 19.2. The molecule has 6 N–H and O–H groups in total. The molecule has 7 heteroatoms. The normalized spacial score (nSPS) is 11.7. The van der Waals surface area contributed by atoms with Gasteiger partial charge in [0.05, 0.1) is 0 Å². The van der Waals surface area contributed by atoms with E-state index < -0.39 is 0 Å². The van der Waals surface area contributed by atoms with Gasteiger partial charge in [-0.15, -0.1) is 0 Å². The number of amides is 2. The first kappa shape index (κ1) is 23.2. The van der Waals surface area contributed by atoms with Crippen LogP contribution < -0.4 is 22.2 Å². The molecule has 0 atom stereocenters. The fourth-order valence-electron chi connectivity index (χ4n) is 2.21. The number of hydrazine groups is 1. The van der Waals surface area contributed by atoms with Crippen LogP contribution in [0, 0.1) is 11.8 Å². The first-order valence-corrected chi connectivity index (χ1v) is 9.25. The van der Waals surface area contributed by atoms with Crippen LogP contribution in [0.3, 0.4) is 0 Å². The third-order valence-corrected chi connectivity index (χ3v) is 3.57. The van der Waals surface area contributed by atoms with Crippen molar-refractivity contribution in [2.45, 2.75) is 59.8 Å².